The van der Waals surface area contributed by atoms with Crippen LogP contribution in [0.25, 0.3) is 0 Å². The third-order valence-electron chi connectivity index (χ3n) is 3.93. The van der Waals surface area contributed by atoms with Crippen LogP contribution in [-0.4, -0.2) is 36.2 Å². The van der Waals surface area contributed by atoms with E-state index in [-0.39, 0.29) is 24.8 Å². The lowest BCUT2D eigenvalue weighted by Gasteiger charge is -2.35. The van der Waals surface area contributed by atoms with E-state index in [4.69, 9.17) is 0 Å². The largest absolute Gasteiger partial charge is 0.508 e. The highest BCUT2D eigenvalue weighted by Gasteiger charge is 2.21. The van der Waals surface area contributed by atoms with Gasteiger partial charge in [-0.3, -0.25) is 4.90 Å². The predicted octanol–water partition coefficient (Wildman–Crippen LogP) is 3.76. The Morgan fingerprint density at radius 3 is 2.52 bits per heavy atom. The van der Waals surface area contributed by atoms with Crippen molar-refractivity contribution >= 4 is 24.8 Å². The van der Waals surface area contributed by atoms with Gasteiger partial charge in [0, 0.05) is 32.2 Å². The van der Waals surface area contributed by atoms with Crippen molar-refractivity contribution in [1.82, 2.24) is 10.2 Å². The summed E-state index contributed by atoms with van der Waals surface area (Å²) in [5.74, 6) is 0.383. The van der Waals surface area contributed by atoms with Gasteiger partial charge in [-0.15, -0.1) is 24.8 Å². The summed E-state index contributed by atoms with van der Waals surface area (Å²) in [6.07, 6.45) is 5.01. The van der Waals surface area contributed by atoms with E-state index in [0.29, 0.717) is 11.8 Å². The van der Waals surface area contributed by atoms with Crippen LogP contribution in [0.1, 0.15) is 44.2 Å². The van der Waals surface area contributed by atoms with Gasteiger partial charge in [-0.25, -0.2) is 0 Å². The van der Waals surface area contributed by atoms with Crippen molar-refractivity contribution in [3.63, 3.8) is 0 Å². The molecular formula is C16H28Cl2N2O. The minimum Gasteiger partial charge on any atom is -0.508 e. The Morgan fingerprint density at radius 1 is 1.19 bits per heavy atom. The van der Waals surface area contributed by atoms with Crippen molar-refractivity contribution in [2.75, 3.05) is 26.2 Å². The lowest BCUT2D eigenvalue weighted by Crippen LogP contribution is -2.45. The molecule has 1 heterocycles. The highest BCUT2D eigenvalue weighted by Crippen LogP contribution is 2.28. The first kappa shape index (κ1) is 20.5. The Kier molecular flexibility index (Phi) is 10.9. The van der Waals surface area contributed by atoms with Crippen LogP contribution in [0, 0.1) is 0 Å². The molecule has 1 atom stereocenters. The second-order valence-electron chi connectivity index (χ2n) is 5.39. The van der Waals surface area contributed by atoms with Crippen LogP contribution >= 0.6 is 24.8 Å². The first-order valence-electron chi connectivity index (χ1n) is 7.55. The number of benzene rings is 1. The number of hydrogen-bond donors (Lipinski definition) is 2. The molecule has 0 radical (unpaired) electrons. The fourth-order valence-electron chi connectivity index (χ4n) is 2.87. The molecule has 21 heavy (non-hydrogen) atoms. The molecule has 1 aromatic carbocycles. The van der Waals surface area contributed by atoms with Gasteiger partial charge in [0.2, 0.25) is 0 Å². The maximum Gasteiger partial charge on any atom is 0.115 e. The molecule has 1 fully saturated rings. The number of piperazine rings is 1. The molecule has 1 saturated heterocycles. The zero-order valence-electron chi connectivity index (χ0n) is 12.8. The average Bonchev–Trinajstić information content (AvgIpc) is 2.45. The van der Waals surface area contributed by atoms with Crippen LogP contribution in [0.15, 0.2) is 24.3 Å². The molecule has 0 saturated carbocycles. The summed E-state index contributed by atoms with van der Waals surface area (Å²) < 4.78 is 0. The lowest BCUT2D eigenvalue weighted by atomic mass is 9.98. The summed E-state index contributed by atoms with van der Waals surface area (Å²) in [5, 5.41) is 13.1. The Balaban J connectivity index is 0.00000200. The van der Waals surface area contributed by atoms with Crippen LogP contribution in [-0.2, 0) is 0 Å². The topological polar surface area (TPSA) is 35.5 Å². The fraction of sp³-hybridized carbons (Fsp3) is 0.625. The molecule has 0 unspecified atom stereocenters. The summed E-state index contributed by atoms with van der Waals surface area (Å²) in [5.41, 5.74) is 1.26. The molecule has 1 aliphatic heterocycles. The minimum absolute atomic E-state index is 0. The Bertz CT molecular complexity index is 384. The van der Waals surface area contributed by atoms with Gasteiger partial charge in [0.25, 0.3) is 0 Å². The second-order valence-corrected chi connectivity index (χ2v) is 5.39. The van der Waals surface area contributed by atoms with Crippen molar-refractivity contribution in [3.8, 4) is 5.75 Å². The zero-order chi connectivity index (χ0) is 13.5. The van der Waals surface area contributed by atoms with Crippen LogP contribution in [0.3, 0.4) is 0 Å². The number of rotatable bonds is 6. The van der Waals surface area contributed by atoms with Gasteiger partial charge in [-0.05, 0) is 24.1 Å². The fourth-order valence-corrected chi connectivity index (χ4v) is 2.87. The molecule has 5 heteroatoms. The van der Waals surface area contributed by atoms with Crippen LogP contribution in [0.4, 0.5) is 0 Å². The van der Waals surface area contributed by atoms with E-state index in [0.717, 1.165) is 26.2 Å². The molecular weight excluding hydrogens is 307 g/mol. The van der Waals surface area contributed by atoms with E-state index in [2.05, 4.69) is 23.2 Å². The molecule has 1 aliphatic rings. The highest BCUT2D eigenvalue weighted by atomic mass is 35.5. The maximum absolute atomic E-state index is 9.70. The smallest absolute Gasteiger partial charge is 0.115 e. The van der Waals surface area contributed by atoms with Gasteiger partial charge in [0.05, 0.1) is 0 Å². The molecule has 2 N–H and O–H groups in total. The van der Waals surface area contributed by atoms with E-state index in [1.54, 1.807) is 6.07 Å². The van der Waals surface area contributed by atoms with Gasteiger partial charge < -0.3 is 10.4 Å². The van der Waals surface area contributed by atoms with Crippen molar-refractivity contribution in [2.45, 2.75) is 38.6 Å². The van der Waals surface area contributed by atoms with Crippen molar-refractivity contribution < 1.29 is 5.11 Å². The summed E-state index contributed by atoms with van der Waals surface area (Å²) in [6.45, 7) is 6.60. The van der Waals surface area contributed by atoms with Gasteiger partial charge in [0.1, 0.15) is 5.75 Å². The quantitative estimate of drug-likeness (QED) is 0.777. The number of aromatic hydroxyl groups is 1. The normalized spacial score (nSPS) is 16.6. The number of unbranched alkanes of at least 4 members (excludes halogenated alkanes) is 2. The second kappa shape index (κ2) is 11.1. The molecule has 0 aliphatic carbocycles. The highest BCUT2D eigenvalue weighted by molar-refractivity contribution is 5.85. The Labute approximate surface area is 140 Å². The first-order valence-corrected chi connectivity index (χ1v) is 7.55. The molecule has 0 spiro atoms. The van der Waals surface area contributed by atoms with Gasteiger partial charge in [0.15, 0.2) is 0 Å². The monoisotopic (exact) mass is 334 g/mol. The van der Waals surface area contributed by atoms with Crippen LogP contribution < -0.4 is 5.32 Å². The molecule has 0 amide bonds. The van der Waals surface area contributed by atoms with Crippen LogP contribution in [0.5, 0.6) is 5.75 Å². The van der Waals surface area contributed by atoms with E-state index in [1.165, 1.54) is 31.2 Å². The maximum atomic E-state index is 9.70. The summed E-state index contributed by atoms with van der Waals surface area (Å²) in [7, 11) is 0. The standard InChI is InChI=1S/C16H26N2O.2ClH/c1-2-3-4-8-16(18-11-9-17-10-12-18)14-6-5-7-15(19)13-14;;/h5-7,13,16-17,19H,2-4,8-12H2,1H3;2*1H/t16-;;/m0../s1. The van der Waals surface area contributed by atoms with E-state index in [9.17, 15) is 5.11 Å². The van der Waals surface area contributed by atoms with Crippen molar-refractivity contribution in [1.29, 1.82) is 0 Å². The van der Waals surface area contributed by atoms with Gasteiger partial charge in [-0.1, -0.05) is 38.3 Å². The third-order valence-corrected chi connectivity index (χ3v) is 3.93. The number of halogens is 2. The number of phenolic OH excluding ortho intramolecular Hbond substituents is 1. The molecule has 2 rings (SSSR count). The number of phenols is 1. The van der Waals surface area contributed by atoms with Gasteiger partial charge in [-0.2, -0.15) is 0 Å². The van der Waals surface area contributed by atoms with Crippen molar-refractivity contribution in [3.05, 3.63) is 29.8 Å². The van der Waals surface area contributed by atoms with Crippen molar-refractivity contribution in [2.24, 2.45) is 0 Å². The third kappa shape index (κ3) is 6.43. The molecule has 0 aromatic heterocycles. The molecule has 0 bridgehead atoms. The van der Waals surface area contributed by atoms with Gasteiger partial charge >= 0.3 is 0 Å². The number of nitrogens with one attached hydrogen (secondary N) is 1. The minimum atomic E-state index is 0. The number of hydrogen-bond acceptors (Lipinski definition) is 3. The molecule has 1 aromatic rings. The summed E-state index contributed by atoms with van der Waals surface area (Å²) in [4.78, 5) is 2.56. The van der Waals surface area contributed by atoms with E-state index < -0.39 is 0 Å². The summed E-state index contributed by atoms with van der Waals surface area (Å²) in [6, 6.07) is 8.25. The molecule has 3 nitrogen and oxygen atoms in total. The van der Waals surface area contributed by atoms with Crippen LogP contribution in [0.2, 0.25) is 0 Å². The summed E-state index contributed by atoms with van der Waals surface area (Å²) >= 11 is 0. The SMILES string of the molecule is CCCCC[C@@H](c1cccc(O)c1)N1CCNCC1.Cl.Cl. The first-order chi connectivity index (χ1) is 9.31. The lowest BCUT2D eigenvalue weighted by molar-refractivity contribution is 0.162. The Morgan fingerprint density at radius 2 is 1.90 bits per heavy atom. The Hall–Kier alpha value is -0.480. The average molecular weight is 335 g/mol. The molecule has 122 valence electrons. The predicted molar refractivity (Wildman–Crippen MR) is 93.9 cm³/mol. The zero-order valence-corrected chi connectivity index (χ0v) is 14.4. The van der Waals surface area contributed by atoms with E-state index >= 15 is 0 Å². The number of nitrogens with zero attached hydrogens (tertiary/aromatic N) is 1. The van der Waals surface area contributed by atoms with E-state index in [1.807, 2.05) is 12.1 Å².